The summed E-state index contributed by atoms with van der Waals surface area (Å²) in [6.07, 6.45) is -1.05. The lowest BCUT2D eigenvalue weighted by Crippen LogP contribution is -2.33. The van der Waals surface area contributed by atoms with Crippen LogP contribution in [0.1, 0.15) is 6.92 Å². The van der Waals surface area contributed by atoms with E-state index in [-0.39, 0.29) is 42.5 Å². The number of ether oxygens (including phenoxy) is 1. The van der Waals surface area contributed by atoms with Crippen LogP contribution in [0.5, 0.6) is 0 Å². The Morgan fingerprint density at radius 3 is 2.61 bits per heavy atom. The number of aliphatic hydroxyl groups is 1. The first-order valence-corrected chi connectivity index (χ1v) is 9.29. The fourth-order valence-corrected chi connectivity index (χ4v) is 4.32. The Hall–Kier alpha value is -2.68. The van der Waals surface area contributed by atoms with Crippen LogP contribution < -0.4 is 15.1 Å². The number of hydrogen-bond acceptors (Lipinski definition) is 6. The van der Waals surface area contributed by atoms with Gasteiger partial charge in [0.15, 0.2) is 5.78 Å². The SMILES string of the molecule is CC(=O)NC[C@H]1CN(c2ccc(N3C[C@@H]4C(C(=O)CO)[C@@H]4C3)c(F)c2)C(=O)O1. The summed E-state index contributed by atoms with van der Waals surface area (Å²) < 4.78 is 19.9. The van der Waals surface area contributed by atoms with Crippen LogP contribution in [-0.2, 0) is 14.3 Å². The molecule has 8 nitrogen and oxygen atoms in total. The van der Waals surface area contributed by atoms with E-state index in [2.05, 4.69) is 5.32 Å². The maximum Gasteiger partial charge on any atom is 0.414 e. The minimum atomic E-state index is -0.574. The fourth-order valence-electron chi connectivity index (χ4n) is 4.32. The van der Waals surface area contributed by atoms with Crippen LogP contribution >= 0.6 is 0 Å². The molecular weight excluding hydrogens is 369 g/mol. The highest BCUT2D eigenvalue weighted by molar-refractivity contribution is 5.90. The van der Waals surface area contributed by atoms with Gasteiger partial charge in [0.25, 0.3) is 0 Å². The lowest BCUT2D eigenvalue weighted by Gasteiger charge is -2.23. The zero-order valence-corrected chi connectivity index (χ0v) is 15.4. The third kappa shape index (κ3) is 3.30. The Balaban J connectivity index is 1.40. The number of aliphatic hydroxyl groups excluding tert-OH is 1. The molecule has 9 heteroatoms. The maximum absolute atomic E-state index is 14.7. The van der Waals surface area contributed by atoms with Crippen LogP contribution in [0.3, 0.4) is 0 Å². The van der Waals surface area contributed by atoms with E-state index >= 15 is 0 Å². The number of piperidine rings is 1. The molecule has 0 spiro atoms. The number of carbonyl (C=O) groups excluding carboxylic acids is 3. The third-order valence-corrected chi connectivity index (χ3v) is 5.76. The van der Waals surface area contributed by atoms with E-state index in [0.29, 0.717) is 24.5 Å². The molecule has 2 aliphatic heterocycles. The van der Waals surface area contributed by atoms with Gasteiger partial charge >= 0.3 is 6.09 Å². The van der Waals surface area contributed by atoms with E-state index in [1.165, 1.54) is 17.9 Å². The van der Waals surface area contributed by atoms with Gasteiger partial charge in [-0.25, -0.2) is 9.18 Å². The summed E-state index contributed by atoms with van der Waals surface area (Å²) in [5.41, 5.74) is 0.836. The number of benzene rings is 1. The number of cyclic esters (lactones) is 1. The van der Waals surface area contributed by atoms with Crippen LogP contribution in [0, 0.1) is 23.6 Å². The van der Waals surface area contributed by atoms with Crippen LogP contribution in [0.15, 0.2) is 18.2 Å². The van der Waals surface area contributed by atoms with Gasteiger partial charge in [-0.3, -0.25) is 14.5 Å². The van der Waals surface area contributed by atoms with Crippen molar-refractivity contribution in [3.63, 3.8) is 0 Å². The summed E-state index contributed by atoms with van der Waals surface area (Å²) in [7, 11) is 0. The summed E-state index contributed by atoms with van der Waals surface area (Å²) in [5, 5.41) is 11.6. The summed E-state index contributed by atoms with van der Waals surface area (Å²) in [4.78, 5) is 37.9. The van der Waals surface area contributed by atoms with Gasteiger partial charge in [0, 0.05) is 25.9 Å². The van der Waals surface area contributed by atoms with Crippen LogP contribution in [0.4, 0.5) is 20.6 Å². The van der Waals surface area contributed by atoms with Gasteiger partial charge in [0.1, 0.15) is 18.5 Å². The van der Waals surface area contributed by atoms with Crippen molar-refractivity contribution < 1.29 is 28.6 Å². The van der Waals surface area contributed by atoms with Crippen molar-refractivity contribution in [3.05, 3.63) is 24.0 Å². The van der Waals surface area contributed by atoms with E-state index in [1.807, 2.05) is 4.90 Å². The number of fused-ring (bicyclic) bond motifs is 1. The topological polar surface area (TPSA) is 99.2 Å². The van der Waals surface area contributed by atoms with E-state index in [0.717, 1.165) is 0 Å². The van der Waals surface area contributed by atoms with Crippen LogP contribution in [0.25, 0.3) is 0 Å². The number of nitrogens with one attached hydrogen (secondary N) is 1. The highest BCUT2D eigenvalue weighted by Crippen LogP contribution is 2.53. The van der Waals surface area contributed by atoms with Crippen LogP contribution in [0.2, 0.25) is 0 Å². The van der Waals surface area contributed by atoms with Crippen molar-refractivity contribution in [2.45, 2.75) is 13.0 Å². The van der Waals surface area contributed by atoms with Gasteiger partial charge < -0.3 is 20.1 Å². The molecule has 1 unspecified atom stereocenters. The minimum Gasteiger partial charge on any atom is -0.442 e. The van der Waals surface area contributed by atoms with E-state index < -0.39 is 24.6 Å². The van der Waals surface area contributed by atoms with Crippen molar-refractivity contribution in [3.8, 4) is 0 Å². The molecule has 28 heavy (non-hydrogen) atoms. The number of amides is 2. The van der Waals surface area contributed by atoms with Gasteiger partial charge in [-0.15, -0.1) is 0 Å². The molecule has 2 saturated heterocycles. The average Bonchev–Trinajstić information content (AvgIpc) is 2.99. The number of ketones is 1. The molecule has 3 aliphatic rings. The molecule has 0 radical (unpaired) electrons. The van der Waals surface area contributed by atoms with Crippen molar-refractivity contribution in [1.82, 2.24) is 5.32 Å². The monoisotopic (exact) mass is 391 g/mol. The summed E-state index contributed by atoms with van der Waals surface area (Å²) in [6, 6.07) is 4.60. The number of nitrogens with zero attached hydrogens (tertiary/aromatic N) is 2. The molecule has 3 fully saturated rings. The number of anilines is 2. The second-order valence-corrected chi connectivity index (χ2v) is 7.57. The zero-order valence-electron chi connectivity index (χ0n) is 15.4. The molecule has 2 heterocycles. The Morgan fingerprint density at radius 2 is 2.00 bits per heavy atom. The number of carbonyl (C=O) groups is 3. The molecule has 4 atom stereocenters. The van der Waals surface area contributed by atoms with Crippen molar-refractivity contribution in [2.24, 2.45) is 17.8 Å². The predicted molar refractivity (Wildman–Crippen MR) is 97.5 cm³/mol. The molecule has 1 aliphatic carbocycles. The Labute approximate surface area is 161 Å². The first-order valence-electron chi connectivity index (χ1n) is 9.29. The number of hydrogen-bond donors (Lipinski definition) is 2. The van der Waals surface area contributed by atoms with Gasteiger partial charge in [-0.1, -0.05) is 0 Å². The van der Waals surface area contributed by atoms with Crippen molar-refractivity contribution in [2.75, 3.05) is 42.6 Å². The van der Waals surface area contributed by atoms with Gasteiger partial charge in [-0.05, 0) is 30.0 Å². The summed E-state index contributed by atoms with van der Waals surface area (Å²) in [6.45, 7) is 2.56. The second-order valence-electron chi connectivity index (χ2n) is 7.57. The Morgan fingerprint density at radius 1 is 1.29 bits per heavy atom. The van der Waals surface area contributed by atoms with Gasteiger partial charge in [0.05, 0.1) is 24.5 Å². The Kier molecular flexibility index (Phi) is 4.70. The summed E-state index contributed by atoms with van der Waals surface area (Å²) in [5.74, 6) is -0.516. The maximum atomic E-state index is 14.7. The normalized spacial score (nSPS) is 28.2. The van der Waals surface area contributed by atoms with E-state index in [4.69, 9.17) is 9.84 Å². The standard InChI is InChI=1S/C19H22FN3O5/c1-10(25)21-5-12-6-23(19(27)28-12)11-2-3-16(15(20)4-11)22-7-13-14(8-22)18(13)17(26)9-24/h2-4,12-14,18,24H,5-9H2,1H3,(H,21,25)/t12-,13-,14+,18?/m0/s1. The smallest absolute Gasteiger partial charge is 0.414 e. The van der Waals surface area contributed by atoms with Crippen LogP contribution in [-0.4, -0.2) is 61.8 Å². The quantitative estimate of drug-likeness (QED) is 0.734. The molecule has 0 aromatic heterocycles. The number of halogens is 1. The molecule has 150 valence electrons. The van der Waals surface area contributed by atoms with E-state index in [1.54, 1.807) is 12.1 Å². The molecule has 1 aromatic carbocycles. The molecule has 2 amide bonds. The molecular formula is C19H22FN3O5. The van der Waals surface area contributed by atoms with E-state index in [9.17, 15) is 18.8 Å². The molecule has 1 aromatic rings. The summed E-state index contributed by atoms with van der Waals surface area (Å²) >= 11 is 0. The fraction of sp³-hybridized carbons (Fsp3) is 0.526. The van der Waals surface area contributed by atoms with Gasteiger partial charge in [0.2, 0.25) is 5.91 Å². The minimum absolute atomic E-state index is 0.0940. The van der Waals surface area contributed by atoms with Crippen molar-refractivity contribution >= 4 is 29.2 Å². The lowest BCUT2D eigenvalue weighted by molar-refractivity contribution is -0.123. The number of rotatable bonds is 6. The third-order valence-electron chi connectivity index (χ3n) is 5.76. The first-order chi connectivity index (χ1) is 13.4. The lowest BCUT2D eigenvalue weighted by atomic mass is 10.1. The molecule has 4 rings (SSSR count). The molecule has 0 bridgehead atoms. The van der Waals surface area contributed by atoms with Gasteiger partial charge in [-0.2, -0.15) is 0 Å². The largest absolute Gasteiger partial charge is 0.442 e. The second kappa shape index (κ2) is 7.05. The Bertz CT molecular complexity index is 820. The predicted octanol–water partition coefficient (Wildman–Crippen LogP) is 0.531. The highest BCUT2D eigenvalue weighted by Gasteiger charge is 2.59. The zero-order chi connectivity index (χ0) is 20.0. The number of Topliss-reactive ketones (excluding diaryl/α,β-unsaturated/α-hetero) is 1. The highest BCUT2D eigenvalue weighted by atomic mass is 19.1. The van der Waals surface area contributed by atoms with Crippen molar-refractivity contribution in [1.29, 1.82) is 0 Å². The molecule has 2 N–H and O–H groups in total. The average molecular weight is 391 g/mol. The molecule has 1 saturated carbocycles. The first kappa shape index (κ1) is 18.7.